The lowest BCUT2D eigenvalue weighted by atomic mass is 10.1. The zero-order chi connectivity index (χ0) is 21.1. The number of carbonyl (C=O) groups excluding carboxylic acids is 1. The predicted molar refractivity (Wildman–Crippen MR) is 122 cm³/mol. The Labute approximate surface area is 178 Å². The average Bonchev–Trinajstić information content (AvgIpc) is 2.96. The van der Waals surface area contributed by atoms with Crippen molar-refractivity contribution in [3.8, 4) is 22.7 Å². The van der Waals surface area contributed by atoms with Gasteiger partial charge >= 0.3 is 0 Å². The van der Waals surface area contributed by atoms with Gasteiger partial charge in [0.2, 0.25) is 0 Å². The molecule has 0 bridgehead atoms. The lowest BCUT2D eigenvalue weighted by molar-refractivity contribution is 0.0943. The fourth-order valence-corrected chi connectivity index (χ4v) is 4.27. The molecule has 4 nitrogen and oxygen atoms in total. The molecule has 4 rings (SSSR count). The van der Waals surface area contributed by atoms with E-state index in [1.807, 2.05) is 38.1 Å². The molecule has 0 aliphatic heterocycles. The highest BCUT2D eigenvalue weighted by molar-refractivity contribution is 5.94. The molecule has 0 spiro atoms. The molecular formula is C26H30N2O2. The number of methoxy groups -OCH3 is 1. The molecule has 0 unspecified atom stereocenters. The third kappa shape index (κ3) is 4.13. The molecule has 0 fully saturated rings. The third-order valence-corrected chi connectivity index (χ3v) is 5.73. The second-order valence-corrected chi connectivity index (χ2v) is 8.30. The van der Waals surface area contributed by atoms with Crippen molar-refractivity contribution in [3.05, 3.63) is 71.4 Å². The van der Waals surface area contributed by atoms with E-state index in [1.54, 1.807) is 7.11 Å². The van der Waals surface area contributed by atoms with Gasteiger partial charge in [-0.1, -0.05) is 18.6 Å². The summed E-state index contributed by atoms with van der Waals surface area (Å²) in [6.07, 6.45) is 5.92. The number of aryl methyl sites for hydroxylation is 1. The summed E-state index contributed by atoms with van der Waals surface area (Å²) in [5.41, 5.74) is 6.94. The Bertz CT molecular complexity index is 1030. The van der Waals surface area contributed by atoms with E-state index < -0.39 is 0 Å². The molecular weight excluding hydrogens is 372 g/mol. The summed E-state index contributed by atoms with van der Waals surface area (Å²) in [5, 5.41) is 2.96. The molecule has 30 heavy (non-hydrogen) atoms. The van der Waals surface area contributed by atoms with Gasteiger partial charge in [0, 0.05) is 28.6 Å². The van der Waals surface area contributed by atoms with Crippen LogP contribution in [0.5, 0.6) is 5.75 Å². The number of hydrogen-bond donors (Lipinski definition) is 1. The van der Waals surface area contributed by atoms with Crippen molar-refractivity contribution in [2.45, 2.75) is 52.0 Å². The van der Waals surface area contributed by atoms with Gasteiger partial charge < -0.3 is 14.6 Å². The number of benzene rings is 2. The van der Waals surface area contributed by atoms with Crippen LogP contribution >= 0.6 is 0 Å². The molecule has 0 atom stereocenters. The number of carbonyl (C=O) groups is 1. The Morgan fingerprint density at radius 1 is 1.00 bits per heavy atom. The van der Waals surface area contributed by atoms with Crippen LogP contribution in [0.25, 0.3) is 16.9 Å². The highest BCUT2D eigenvalue weighted by Gasteiger charge is 2.20. The van der Waals surface area contributed by atoms with Gasteiger partial charge in [-0.15, -0.1) is 0 Å². The predicted octanol–water partition coefficient (Wildman–Crippen LogP) is 5.56. The van der Waals surface area contributed by atoms with Gasteiger partial charge in [-0.2, -0.15) is 0 Å². The molecule has 1 aromatic heterocycles. The number of aromatic nitrogens is 1. The lowest BCUT2D eigenvalue weighted by Gasteiger charge is -2.16. The van der Waals surface area contributed by atoms with E-state index in [-0.39, 0.29) is 11.9 Å². The van der Waals surface area contributed by atoms with Crippen LogP contribution in [-0.2, 0) is 12.8 Å². The molecule has 1 amide bonds. The van der Waals surface area contributed by atoms with E-state index in [1.165, 1.54) is 36.2 Å². The average molecular weight is 403 g/mol. The van der Waals surface area contributed by atoms with Crippen LogP contribution in [0.2, 0.25) is 0 Å². The van der Waals surface area contributed by atoms with Crippen molar-refractivity contribution in [3.63, 3.8) is 0 Å². The number of ether oxygens (including phenoxy) is 1. The summed E-state index contributed by atoms with van der Waals surface area (Å²) < 4.78 is 7.84. The summed E-state index contributed by atoms with van der Waals surface area (Å²) >= 11 is 0. The number of nitrogens with one attached hydrogen (secondary N) is 1. The van der Waals surface area contributed by atoms with Gasteiger partial charge in [-0.05, 0) is 87.6 Å². The highest BCUT2D eigenvalue weighted by Crippen LogP contribution is 2.34. The minimum absolute atomic E-state index is 0.0316. The number of fused-ring (bicyclic) bond motifs is 1. The number of hydrogen-bond acceptors (Lipinski definition) is 2. The largest absolute Gasteiger partial charge is 0.497 e. The molecule has 2 aromatic carbocycles. The minimum atomic E-state index is -0.0316. The summed E-state index contributed by atoms with van der Waals surface area (Å²) in [4.78, 5) is 12.4. The Morgan fingerprint density at radius 2 is 1.77 bits per heavy atom. The zero-order valence-corrected chi connectivity index (χ0v) is 18.1. The number of nitrogens with zero attached hydrogens (tertiary/aromatic N) is 1. The smallest absolute Gasteiger partial charge is 0.251 e. The van der Waals surface area contributed by atoms with Crippen LogP contribution in [0.1, 0.15) is 54.7 Å². The van der Waals surface area contributed by atoms with Crippen LogP contribution in [0.4, 0.5) is 0 Å². The minimum Gasteiger partial charge on any atom is -0.497 e. The van der Waals surface area contributed by atoms with Crippen LogP contribution < -0.4 is 10.1 Å². The molecule has 0 saturated heterocycles. The molecule has 1 aliphatic rings. The van der Waals surface area contributed by atoms with E-state index in [4.69, 9.17) is 4.74 Å². The van der Waals surface area contributed by atoms with Crippen molar-refractivity contribution in [2.75, 3.05) is 7.11 Å². The summed E-state index contributed by atoms with van der Waals surface area (Å²) in [6.45, 7) is 3.95. The molecule has 0 saturated carbocycles. The number of rotatable bonds is 5. The zero-order valence-electron chi connectivity index (χ0n) is 18.1. The van der Waals surface area contributed by atoms with Gasteiger partial charge in [-0.25, -0.2) is 0 Å². The number of amides is 1. The Balaban J connectivity index is 1.79. The summed E-state index contributed by atoms with van der Waals surface area (Å²) in [7, 11) is 1.70. The second kappa shape index (κ2) is 8.78. The first-order valence-corrected chi connectivity index (χ1v) is 10.9. The first-order chi connectivity index (χ1) is 14.6. The molecule has 1 heterocycles. The van der Waals surface area contributed by atoms with E-state index >= 15 is 0 Å². The third-order valence-electron chi connectivity index (χ3n) is 5.73. The van der Waals surface area contributed by atoms with Crippen molar-refractivity contribution >= 4 is 5.91 Å². The summed E-state index contributed by atoms with van der Waals surface area (Å²) in [5.74, 6) is 0.826. The normalized spacial score (nSPS) is 13.6. The van der Waals surface area contributed by atoms with Crippen LogP contribution in [0.3, 0.4) is 0 Å². The first kappa shape index (κ1) is 20.3. The van der Waals surface area contributed by atoms with Gasteiger partial charge in [0.05, 0.1) is 12.8 Å². The monoisotopic (exact) mass is 402 g/mol. The standard InChI is InChI=1S/C26H30N2O2/c1-18(2)27-26(29)19-12-14-22(15-13-19)28-24-11-6-4-5-8-21(24)17-25(28)20-9-7-10-23(16-20)30-3/h7,9-10,12-18H,4-6,8,11H2,1-3H3,(H,27,29). The molecule has 156 valence electrons. The fraction of sp³-hybridized carbons (Fsp3) is 0.346. The van der Waals surface area contributed by atoms with Crippen LogP contribution in [0, 0.1) is 0 Å². The Morgan fingerprint density at radius 3 is 2.50 bits per heavy atom. The molecule has 3 aromatic rings. The van der Waals surface area contributed by atoms with E-state index in [9.17, 15) is 4.79 Å². The van der Waals surface area contributed by atoms with E-state index in [0.717, 1.165) is 29.8 Å². The van der Waals surface area contributed by atoms with E-state index in [2.05, 4.69) is 40.2 Å². The van der Waals surface area contributed by atoms with Gasteiger partial charge in [0.15, 0.2) is 0 Å². The van der Waals surface area contributed by atoms with Crippen molar-refractivity contribution in [1.29, 1.82) is 0 Å². The summed E-state index contributed by atoms with van der Waals surface area (Å²) in [6, 6.07) is 18.7. The molecule has 4 heteroatoms. The molecule has 0 radical (unpaired) electrons. The van der Waals surface area contributed by atoms with Gasteiger partial charge in [-0.3, -0.25) is 4.79 Å². The maximum Gasteiger partial charge on any atom is 0.251 e. The van der Waals surface area contributed by atoms with Crippen molar-refractivity contribution < 1.29 is 9.53 Å². The van der Waals surface area contributed by atoms with E-state index in [0.29, 0.717) is 5.56 Å². The molecule has 1 aliphatic carbocycles. The SMILES string of the molecule is COc1cccc(-c2cc3c(n2-c2ccc(C(=O)NC(C)C)cc2)CCCCC3)c1. The Hall–Kier alpha value is -3.01. The maximum absolute atomic E-state index is 12.4. The Kier molecular flexibility index (Phi) is 5.93. The van der Waals surface area contributed by atoms with Crippen LogP contribution in [0.15, 0.2) is 54.6 Å². The van der Waals surface area contributed by atoms with Crippen molar-refractivity contribution in [1.82, 2.24) is 9.88 Å². The molecule has 1 N–H and O–H groups in total. The lowest BCUT2D eigenvalue weighted by Crippen LogP contribution is -2.30. The topological polar surface area (TPSA) is 43.3 Å². The van der Waals surface area contributed by atoms with Gasteiger partial charge in [0.1, 0.15) is 5.75 Å². The van der Waals surface area contributed by atoms with Gasteiger partial charge in [0.25, 0.3) is 5.91 Å². The quantitative estimate of drug-likeness (QED) is 0.568. The second-order valence-electron chi connectivity index (χ2n) is 8.30. The maximum atomic E-state index is 12.4. The van der Waals surface area contributed by atoms with Crippen molar-refractivity contribution in [2.24, 2.45) is 0 Å². The van der Waals surface area contributed by atoms with Crippen LogP contribution in [-0.4, -0.2) is 23.6 Å². The fourth-order valence-electron chi connectivity index (χ4n) is 4.27. The highest BCUT2D eigenvalue weighted by atomic mass is 16.5. The first-order valence-electron chi connectivity index (χ1n) is 10.9.